The summed E-state index contributed by atoms with van der Waals surface area (Å²) in [5.41, 5.74) is 2.67. The van der Waals surface area contributed by atoms with E-state index >= 15 is 0 Å². The molecule has 1 N–H and O–H groups in total. The van der Waals surface area contributed by atoms with E-state index in [0.29, 0.717) is 30.8 Å². The molecule has 1 aromatic heterocycles. The van der Waals surface area contributed by atoms with Crippen LogP contribution in [0.25, 0.3) is 5.69 Å². The Bertz CT molecular complexity index is 1020. The van der Waals surface area contributed by atoms with Crippen LogP contribution in [0.15, 0.2) is 73.1 Å². The maximum Gasteiger partial charge on any atom is 0.251 e. The van der Waals surface area contributed by atoms with Crippen LogP contribution in [0.5, 0.6) is 5.75 Å². The molecule has 160 valence electrons. The van der Waals surface area contributed by atoms with Crippen molar-refractivity contribution in [2.45, 2.75) is 25.3 Å². The molecule has 2 heterocycles. The normalized spacial score (nSPS) is 14.3. The average Bonchev–Trinajstić information content (AvgIpc) is 3.35. The van der Waals surface area contributed by atoms with Gasteiger partial charge in [0.15, 0.2) is 0 Å². The highest BCUT2D eigenvalue weighted by Gasteiger charge is 2.24. The molecule has 3 aromatic rings. The highest BCUT2D eigenvalue weighted by atomic mass is 16.5. The van der Waals surface area contributed by atoms with Crippen LogP contribution in [-0.2, 0) is 11.2 Å². The lowest BCUT2D eigenvalue weighted by Gasteiger charge is -2.32. The van der Waals surface area contributed by atoms with E-state index in [2.05, 4.69) is 5.32 Å². The molecule has 31 heavy (non-hydrogen) atoms. The van der Waals surface area contributed by atoms with Gasteiger partial charge in [-0.05, 0) is 60.9 Å². The Morgan fingerprint density at radius 2 is 1.71 bits per heavy atom. The molecule has 6 nitrogen and oxygen atoms in total. The second kappa shape index (κ2) is 9.51. The van der Waals surface area contributed by atoms with E-state index in [1.807, 2.05) is 64.3 Å². The van der Waals surface area contributed by atoms with E-state index in [1.54, 1.807) is 25.3 Å². The van der Waals surface area contributed by atoms with Crippen LogP contribution in [0.3, 0.4) is 0 Å². The minimum absolute atomic E-state index is 0.0728. The van der Waals surface area contributed by atoms with Crippen LogP contribution in [0.1, 0.15) is 28.8 Å². The van der Waals surface area contributed by atoms with Crippen LogP contribution >= 0.6 is 0 Å². The Balaban J connectivity index is 1.26. The molecule has 2 aromatic carbocycles. The number of hydrogen-bond acceptors (Lipinski definition) is 3. The number of benzene rings is 2. The summed E-state index contributed by atoms with van der Waals surface area (Å²) in [7, 11) is 1.58. The van der Waals surface area contributed by atoms with Crippen molar-refractivity contribution < 1.29 is 14.3 Å². The molecule has 0 spiro atoms. The molecular formula is C25H27N3O3. The van der Waals surface area contributed by atoms with Crippen LogP contribution in [0.4, 0.5) is 0 Å². The van der Waals surface area contributed by atoms with Gasteiger partial charge in [0, 0.05) is 42.8 Å². The van der Waals surface area contributed by atoms with Crippen LogP contribution in [0.2, 0.25) is 0 Å². The molecule has 2 amide bonds. The zero-order valence-corrected chi connectivity index (χ0v) is 17.7. The lowest BCUT2D eigenvalue weighted by Crippen LogP contribution is -2.47. The highest BCUT2D eigenvalue weighted by molar-refractivity contribution is 5.94. The van der Waals surface area contributed by atoms with Crippen molar-refractivity contribution in [2.75, 3.05) is 20.2 Å². The predicted molar refractivity (Wildman–Crippen MR) is 120 cm³/mol. The Hall–Kier alpha value is -3.54. The quantitative estimate of drug-likeness (QED) is 0.668. The third-order valence-corrected chi connectivity index (χ3v) is 5.71. The summed E-state index contributed by atoms with van der Waals surface area (Å²) < 4.78 is 7.22. The van der Waals surface area contributed by atoms with Gasteiger partial charge in [-0.2, -0.15) is 0 Å². The first-order chi connectivity index (χ1) is 15.1. The third kappa shape index (κ3) is 5.15. The first-order valence-electron chi connectivity index (χ1n) is 10.6. The first-order valence-corrected chi connectivity index (χ1v) is 10.6. The third-order valence-electron chi connectivity index (χ3n) is 5.71. The molecule has 0 saturated carbocycles. The summed E-state index contributed by atoms with van der Waals surface area (Å²) in [5, 5.41) is 3.08. The van der Waals surface area contributed by atoms with Gasteiger partial charge in [-0.3, -0.25) is 9.59 Å². The minimum atomic E-state index is -0.105. The van der Waals surface area contributed by atoms with Crippen molar-refractivity contribution in [2.24, 2.45) is 0 Å². The number of ether oxygens (including phenoxy) is 1. The van der Waals surface area contributed by atoms with Gasteiger partial charge in [0.2, 0.25) is 5.91 Å². The number of piperidine rings is 1. The van der Waals surface area contributed by atoms with Crippen molar-refractivity contribution in [1.29, 1.82) is 0 Å². The molecule has 4 rings (SSSR count). The number of amides is 2. The van der Waals surface area contributed by atoms with Crippen LogP contribution in [-0.4, -0.2) is 47.5 Å². The van der Waals surface area contributed by atoms with E-state index in [-0.39, 0.29) is 17.9 Å². The number of carbonyl (C=O) groups is 2. The summed E-state index contributed by atoms with van der Waals surface area (Å²) in [6.07, 6.45) is 5.91. The van der Waals surface area contributed by atoms with Crippen LogP contribution < -0.4 is 10.1 Å². The SMILES string of the molecule is COc1cccc(C(=O)NC2CCN(C(=O)Cc3ccc(-n4cccc4)cc3)CC2)c1. The average molecular weight is 418 g/mol. The fraction of sp³-hybridized carbons (Fsp3) is 0.280. The van der Waals surface area contributed by atoms with Gasteiger partial charge in [0.05, 0.1) is 13.5 Å². The van der Waals surface area contributed by atoms with Gasteiger partial charge in [-0.15, -0.1) is 0 Å². The Morgan fingerprint density at radius 1 is 1.00 bits per heavy atom. The maximum atomic E-state index is 12.7. The fourth-order valence-corrected chi connectivity index (χ4v) is 3.89. The van der Waals surface area contributed by atoms with Gasteiger partial charge in [-0.25, -0.2) is 0 Å². The largest absolute Gasteiger partial charge is 0.497 e. The van der Waals surface area contributed by atoms with Crippen LogP contribution in [0, 0.1) is 0 Å². The lowest BCUT2D eigenvalue weighted by atomic mass is 10.0. The fourth-order valence-electron chi connectivity index (χ4n) is 3.89. The lowest BCUT2D eigenvalue weighted by molar-refractivity contribution is -0.131. The van der Waals surface area contributed by atoms with Gasteiger partial charge in [0.25, 0.3) is 5.91 Å². The second-order valence-electron chi connectivity index (χ2n) is 7.79. The van der Waals surface area contributed by atoms with E-state index in [9.17, 15) is 9.59 Å². The minimum Gasteiger partial charge on any atom is -0.497 e. The summed E-state index contributed by atoms with van der Waals surface area (Å²) in [4.78, 5) is 27.1. The maximum absolute atomic E-state index is 12.7. The van der Waals surface area contributed by atoms with Crippen molar-refractivity contribution >= 4 is 11.8 Å². The van der Waals surface area contributed by atoms with Gasteiger partial charge >= 0.3 is 0 Å². The number of carbonyl (C=O) groups excluding carboxylic acids is 2. The van der Waals surface area contributed by atoms with Gasteiger partial charge in [-0.1, -0.05) is 18.2 Å². The molecule has 1 saturated heterocycles. The zero-order chi connectivity index (χ0) is 21.6. The Kier molecular flexibility index (Phi) is 6.36. The van der Waals surface area contributed by atoms with Crippen molar-refractivity contribution in [3.63, 3.8) is 0 Å². The zero-order valence-electron chi connectivity index (χ0n) is 17.7. The number of nitrogens with zero attached hydrogens (tertiary/aromatic N) is 2. The molecule has 0 atom stereocenters. The molecule has 0 unspecified atom stereocenters. The molecular weight excluding hydrogens is 390 g/mol. The summed E-state index contributed by atoms with van der Waals surface area (Å²) in [6, 6.07) is 19.3. The van der Waals surface area contributed by atoms with E-state index in [4.69, 9.17) is 4.74 Å². The molecule has 0 aliphatic carbocycles. The molecule has 0 radical (unpaired) electrons. The molecule has 1 aliphatic heterocycles. The van der Waals surface area contributed by atoms with E-state index in [1.165, 1.54) is 0 Å². The van der Waals surface area contributed by atoms with E-state index in [0.717, 1.165) is 24.1 Å². The van der Waals surface area contributed by atoms with Crippen molar-refractivity contribution in [1.82, 2.24) is 14.8 Å². The molecule has 1 aliphatic rings. The van der Waals surface area contributed by atoms with Gasteiger partial charge < -0.3 is 19.5 Å². The summed E-state index contributed by atoms with van der Waals surface area (Å²) >= 11 is 0. The van der Waals surface area contributed by atoms with E-state index < -0.39 is 0 Å². The standard InChI is InChI=1S/C25H27N3O3/c1-31-23-6-4-5-20(18-23)25(30)26-21-11-15-28(16-12-21)24(29)17-19-7-9-22(10-8-19)27-13-2-3-14-27/h2-10,13-14,18,21H,11-12,15-17H2,1H3,(H,26,30). The van der Waals surface area contributed by atoms with Gasteiger partial charge in [0.1, 0.15) is 5.75 Å². The predicted octanol–water partition coefficient (Wildman–Crippen LogP) is 3.45. The number of likely N-dealkylation sites (tertiary alicyclic amines) is 1. The number of rotatable bonds is 6. The number of methoxy groups -OCH3 is 1. The smallest absolute Gasteiger partial charge is 0.251 e. The van der Waals surface area contributed by atoms with Crippen molar-refractivity contribution in [3.8, 4) is 11.4 Å². The number of hydrogen-bond donors (Lipinski definition) is 1. The monoisotopic (exact) mass is 417 g/mol. The first kappa shape index (κ1) is 20.7. The summed E-state index contributed by atoms with van der Waals surface area (Å²) in [6.45, 7) is 1.31. The number of aromatic nitrogens is 1. The highest BCUT2D eigenvalue weighted by Crippen LogP contribution is 2.16. The molecule has 1 fully saturated rings. The summed E-state index contributed by atoms with van der Waals surface area (Å²) in [5.74, 6) is 0.687. The topological polar surface area (TPSA) is 63.6 Å². The Labute approximate surface area is 182 Å². The number of nitrogens with one attached hydrogen (secondary N) is 1. The Morgan fingerprint density at radius 3 is 2.39 bits per heavy atom. The van der Waals surface area contributed by atoms with Crippen molar-refractivity contribution in [3.05, 3.63) is 84.2 Å². The second-order valence-corrected chi connectivity index (χ2v) is 7.79. The molecule has 6 heteroatoms. The molecule has 0 bridgehead atoms.